The topological polar surface area (TPSA) is 54.4 Å². The number of ketones is 1. The monoisotopic (exact) mass is 202 g/mol. The Morgan fingerprint density at radius 3 is 2.33 bits per heavy atom. The molecule has 0 aliphatic carbocycles. The largest absolute Gasteiger partial charge is 0.478 e. The summed E-state index contributed by atoms with van der Waals surface area (Å²) >= 11 is 0. The molecule has 15 heavy (non-hydrogen) atoms. The lowest BCUT2D eigenvalue weighted by atomic mass is 10.1. The van der Waals surface area contributed by atoms with Gasteiger partial charge in [-0.25, -0.2) is 4.79 Å². The number of aryl methyl sites for hydroxylation is 1. The molecule has 0 fully saturated rings. The molecule has 0 amide bonds. The second-order valence-electron chi connectivity index (χ2n) is 3.07. The Morgan fingerprint density at radius 2 is 1.87 bits per heavy atom. The molecule has 0 spiro atoms. The van der Waals surface area contributed by atoms with E-state index in [0.29, 0.717) is 12.8 Å². The molecular weight excluding hydrogens is 192 g/mol. The summed E-state index contributed by atoms with van der Waals surface area (Å²) < 4.78 is 0. The molecule has 1 aromatic carbocycles. The number of benzene rings is 1. The average Bonchev–Trinajstić information content (AvgIpc) is 2.26. The maximum absolute atomic E-state index is 10.8. The number of carbonyl (C=O) groups is 2. The van der Waals surface area contributed by atoms with E-state index in [1.165, 1.54) is 12.1 Å². The molecule has 0 atom stereocenters. The van der Waals surface area contributed by atoms with Gasteiger partial charge in [0.05, 0.1) is 5.56 Å². The lowest BCUT2D eigenvalue weighted by Crippen LogP contribution is -1.98. The van der Waals surface area contributed by atoms with E-state index in [9.17, 15) is 9.59 Å². The molecule has 0 heterocycles. The van der Waals surface area contributed by atoms with E-state index >= 15 is 0 Å². The Balaban J connectivity index is 2.62. The molecule has 0 bridgehead atoms. The van der Waals surface area contributed by atoms with Gasteiger partial charge in [-0.3, -0.25) is 4.79 Å². The fourth-order valence-electron chi connectivity index (χ4n) is 1.14. The van der Waals surface area contributed by atoms with Gasteiger partial charge in [0.25, 0.3) is 0 Å². The van der Waals surface area contributed by atoms with Crippen molar-refractivity contribution in [2.75, 3.05) is 0 Å². The van der Waals surface area contributed by atoms with Crippen LogP contribution in [0.4, 0.5) is 0 Å². The lowest BCUT2D eigenvalue weighted by molar-refractivity contribution is -0.113. The minimum Gasteiger partial charge on any atom is -0.478 e. The van der Waals surface area contributed by atoms with Crippen LogP contribution >= 0.6 is 0 Å². The summed E-state index contributed by atoms with van der Waals surface area (Å²) in [6.45, 7) is 0. The van der Waals surface area contributed by atoms with Crippen molar-refractivity contribution in [1.82, 2.24) is 0 Å². The number of carboxylic acid groups (broad SMARTS) is 1. The molecule has 76 valence electrons. The molecule has 0 aliphatic rings. The Morgan fingerprint density at radius 1 is 1.27 bits per heavy atom. The maximum Gasteiger partial charge on any atom is 0.335 e. The summed E-state index contributed by atoms with van der Waals surface area (Å²) in [5, 5.41) is 8.65. The van der Waals surface area contributed by atoms with E-state index in [-0.39, 0.29) is 11.3 Å². The highest BCUT2D eigenvalue weighted by atomic mass is 16.4. The van der Waals surface area contributed by atoms with E-state index in [2.05, 4.69) is 0 Å². The first-order valence-corrected chi connectivity index (χ1v) is 4.45. The van der Waals surface area contributed by atoms with Gasteiger partial charge in [-0.05, 0) is 30.0 Å². The molecule has 0 saturated heterocycles. The zero-order chi connectivity index (χ0) is 11.3. The van der Waals surface area contributed by atoms with Gasteiger partial charge >= 0.3 is 5.97 Å². The number of hydrogen-bond acceptors (Lipinski definition) is 2. The van der Waals surface area contributed by atoms with Gasteiger partial charge in [-0.15, -0.1) is 6.42 Å². The zero-order valence-corrected chi connectivity index (χ0v) is 8.06. The number of terminal acetylenes is 1. The highest BCUT2D eigenvalue weighted by Gasteiger charge is 2.02. The Bertz CT molecular complexity index is 409. The fraction of sp³-hybridized carbons (Fsp3) is 0.167. The number of rotatable bonds is 4. The lowest BCUT2D eigenvalue weighted by Gasteiger charge is -1.99. The quantitative estimate of drug-likeness (QED) is 0.595. The predicted molar refractivity (Wildman–Crippen MR) is 55.6 cm³/mol. The van der Waals surface area contributed by atoms with Gasteiger partial charge < -0.3 is 5.11 Å². The number of hydrogen-bond donors (Lipinski definition) is 1. The SMILES string of the molecule is C#CC(=O)CCc1ccc(C(=O)O)cc1. The molecule has 0 saturated carbocycles. The van der Waals surface area contributed by atoms with Crippen molar-refractivity contribution in [2.45, 2.75) is 12.8 Å². The molecule has 0 aromatic heterocycles. The van der Waals surface area contributed by atoms with Gasteiger partial charge in [0.2, 0.25) is 5.78 Å². The van der Waals surface area contributed by atoms with Crippen LogP contribution in [0.3, 0.4) is 0 Å². The summed E-state index contributed by atoms with van der Waals surface area (Å²) in [4.78, 5) is 21.4. The smallest absolute Gasteiger partial charge is 0.335 e. The van der Waals surface area contributed by atoms with Crippen LogP contribution in [-0.2, 0) is 11.2 Å². The van der Waals surface area contributed by atoms with Crippen molar-refractivity contribution >= 4 is 11.8 Å². The normalized spacial score (nSPS) is 9.27. The highest BCUT2D eigenvalue weighted by Crippen LogP contribution is 2.06. The molecule has 3 nitrogen and oxygen atoms in total. The van der Waals surface area contributed by atoms with E-state index in [0.717, 1.165) is 5.56 Å². The van der Waals surface area contributed by atoms with Crippen molar-refractivity contribution in [3.8, 4) is 12.3 Å². The highest BCUT2D eigenvalue weighted by molar-refractivity contribution is 5.94. The van der Waals surface area contributed by atoms with Crippen LogP contribution in [0.15, 0.2) is 24.3 Å². The van der Waals surface area contributed by atoms with Gasteiger partial charge in [-0.2, -0.15) is 0 Å². The average molecular weight is 202 g/mol. The van der Waals surface area contributed by atoms with Crippen LogP contribution in [-0.4, -0.2) is 16.9 Å². The summed E-state index contributed by atoms with van der Waals surface area (Å²) in [6.07, 6.45) is 5.76. The van der Waals surface area contributed by atoms with Crippen molar-refractivity contribution in [3.05, 3.63) is 35.4 Å². The molecule has 0 radical (unpaired) electrons. The van der Waals surface area contributed by atoms with Gasteiger partial charge in [0, 0.05) is 6.42 Å². The standard InChI is InChI=1S/C12H10O3/c1-2-11(13)8-5-9-3-6-10(7-4-9)12(14)15/h1,3-4,6-7H,5,8H2,(H,14,15). The van der Waals surface area contributed by atoms with Crippen LogP contribution in [0.1, 0.15) is 22.3 Å². The first-order chi connectivity index (χ1) is 7.13. The number of Topliss-reactive ketones (excluding diaryl/α,β-unsaturated/α-hetero) is 1. The third-order valence-electron chi connectivity index (χ3n) is 2.00. The number of aromatic carboxylic acids is 1. The fourth-order valence-corrected chi connectivity index (χ4v) is 1.14. The van der Waals surface area contributed by atoms with E-state index in [4.69, 9.17) is 11.5 Å². The third kappa shape index (κ3) is 3.28. The van der Waals surface area contributed by atoms with E-state index in [1.807, 2.05) is 5.92 Å². The van der Waals surface area contributed by atoms with E-state index in [1.54, 1.807) is 12.1 Å². The Kier molecular flexibility index (Phi) is 3.64. The molecule has 3 heteroatoms. The minimum atomic E-state index is -0.957. The third-order valence-corrected chi connectivity index (χ3v) is 2.00. The molecule has 0 aliphatic heterocycles. The van der Waals surface area contributed by atoms with Gasteiger partial charge in [0.15, 0.2) is 0 Å². The van der Waals surface area contributed by atoms with Crippen LogP contribution in [0.5, 0.6) is 0 Å². The minimum absolute atomic E-state index is 0.238. The van der Waals surface area contributed by atoms with E-state index < -0.39 is 5.97 Å². The van der Waals surface area contributed by atoms with Crippen LogP contribution < -0.4 is 0 Å². The summed E-state index contributed by atoms with van der Waals surface area (Å²) in [5.74, 6) is 0.836. The maximum atomic E-state index is 10.8. The molecule has 1 aromatic rings. The number of carboxylic acids is 1. The van der Waals surface area contributed by atoms with Crippen LogP contribution in [0.2, 0.25) is 0 Å². The first kappa shape index (κ1) is 11.0. The van der Waals surface area contributed by atoms with Gasteiger partial charge in [0.1, 0.15) is 0 Å². The van der Waals surface area contributed by atoms with Crippen molar-refractivity contribution < 1.29 is 14.7 Å². The second kappa shape index (κ2) is 4.97. The molecule has 0 unspecified atom stereocenters. The van der Waals surface area contributed by atoms with Crippen LogP contribution in [0, 0.1) is 12.3 Å². The predicted octanol–water partition coefficient (Wildman–Crippen LogP) is 1.52. The molecule has 1 rings (SSSR count). The molecule has 1 N–H and O–H groups in total. The van der Waals surface area contributed by atoms with Crippen molar-refractivity contribution in [2.24, 2.45) is 0 Å². The van der Waals surface area contributed by atoms with Crippen molar-refractivity contribution in [1.29, 1.82) is 0 Å². The number of carbonyl (C=O) groups excluding carboxylic acids is 1. The second-order valence-corrected chi connectivity index (χ2v) is 3.07. The Hall–Kier alpha value is -2.08. The van der Waals surface area contributed by atoms with Crippen LogP contribution in [0.25, 0.3) is 0 Å². The summed E-state index contributed by atoms with van der Waals surface area (Å²) in [6, 6.07) is 6.40. The zero-order valence-electron chi connectivity index (χ0n) is 8.06. The summed E-state index contributed by atoms with van der Waals surface area (Å²) in [5.41, 5.74) is 1.14. The Labute approximate surface area is 87.7 Å². The summed E-state index contributed by atoms with van der Waals surface area (Å²) in [7, 11) is 0. The van der Waals surface area contributed by atoms with Crippen molar-refractivity contribution in [3.63, 3.8) is 0 Å². The first-order valence-electron chi connectivity index (χ1n) is 4.45. The van der Waals surface area contributed by atoms with Gasteiger partial charge in [-0.1, -0.05) is 12.1 Å². The molecular formula is C12H10O3.